The highest BCUT2D eigenvalue weighted by molar-refractivity contribution is 9.10. The molecule has 0 unspecified atom stereocenters. The van der Waals surface area contributed by atoms with Gasteiger partial charge >= 0.3 is 7.60 Å². The lowest BCUT2D eigenvalue weighted by molar-refractivity contribution is 0.274. The highest BCUT2D eigenvalue weighted by Gasteiger charge is 2.23. The summed E-state index contributed by atoms with van der Waals surface area (Å²) >= 11 is 15.3. The highest BCUT2D eigenvalue weighted by Crippen LogP contribution is 2.50. The molecule has 0 N–H and O–H groups in total. The zero-order chi connectivity index (χ0) is 14.9. The molecule has 0 bridgehead atoms. The SMILES string of the molecule is COP(=O)(Cc1cc2cc(Cl)c(Cl)cc2nc1Br)OC. The maximum Gasteiger partial charge on any atom is 0.334 e. The summed E-state index contributed by atoms with van der Waals surface area (Å²) in [6.07, 6.45) is 0.115. The first-order chi connectivity index (χ1) is 9.38. The molecule has 2 aromatic rings. The van der Waals surface area contributed by atoms with Gasteiger partial charge in [-0.15, -0.1) is 0 Å². The van der Waals surface area contributed by atoms with Crippen LogP contribution >= 0.6 is 46.7 Å². The van der Waals surface area contributed by atoms with Crippen LogP contribution in [0.15, 0.2) is 22.8 Å². The molecule has 2 rings (SSSR count). The molecule has 20 heavy (non-hydrogen) atoms. The van der Waals surface area contributed by atoms with Gasteiger partial charge in [-0.3, -0.25) is 4.57 Å². The van der Waals surface area contributed by atoms with Gasteiger partial charge in [0.05, 0.1) is 21.7 Å². The fourth-order valence-electron chi connectivity index (χ4n) is 1.71. The molecule has 0 aliphatic carbocycles. The van der Waals surface area contributed by atoms with E-state index in [0.717, 1.165) is 5.39 Å². The molecular weight excluding hydrogens is 388 g/mol. The van der Waals surface area contributed by atoms with Crippen LogP contribution in [-0.2, 0) is 19.8 Å². The zero-order valence-electron chi connectivity index (χ0n) is 10.7. The maximum atomic E-state index is 12.2. The van der Waals surface area contributed by atoms with E-state index >= 15 is 0 Å². The fourth-order valence-corrected chi connectivity index (χ4v) is 3.77. The molecule has 0 spiro atoms. The molecule has 1 heterocycles. The Hall–Kier alpha value is -0.160. The normalized spacial score (nSPS) is 12.1. The van der Waals surface area contributed by atoms with Crippen molar-refractivity contribution in [1.82, 2.24) is 4.98 Å². The Morgan fingerprint density at radius 3 is 2.40 bits per heavy atom. The van der Waals surface area contributed by atoms with Crippen LogP contribution in [0.3, 0.4) is 0 Å². The highest BCUT2D eigenvalue weighted by atomic mass is 79.9. The third kappa shape index (κ3) is 3.35. The predicted molar refractivity (Wildman–Crippen MR) is 84.8 cm³/mol. The number of aromatic nitrogens is 1. The summed E-state index contributed by atoms with van der Waals surface area (Å²) in [6, 6.07) is 5.23. The van der Waals surface area contributed by atoms with Crippen LogP contribution in [0.1, 0.15) is 5.56 Å². The van der Waals surface area contributed by atoms with E-state index in [0.29, 0.717) is 25.7 Å². The Morgan fingerprint density at radius 2 is 1.80 bits per heavy atom. The van der Waals surface area contributed by atoms with E-state index in [1.807, 2.05) is 6.07 Å². The standard InChI is InChI=1S/C12H11BrCl2NO3P/c1-18-20(17,19-2)6-8-3-7-4-9(14)10(15)5-11(7)16-12(8)13/h3-5H,6H2,1-2H3. The third-order valence-corrected chi connectivity index (χ3v) is 6.05. The van der Waals surface area contributed by atoms with E-state index < -0.39 is 7.60 Å². The topological polar surface area (TPSA) is 48.4 Å². The van der Waals surface area contributed by atoms with Gasteiger partial charge in [0.15, 0.2) is 0 Å². The monoisotopic (exact) mass is 397 g/mol. The molecule has 0 atom stereocenters. The summed E-state index contributed by atoms with van der Waals surface area (Å²) < 4.78 is 22.6. The van der Waals surface area contributed by atoms with E-state index in [-0.39, 0.29) is 6.16 Å². The summed E-state index contributed by atoms with van der Waals surface area (Å²) in [4.78, 5) is 4.37. The molecule has 4 nitrogen and oxygen atoms in total. The fraction of sp³-hybridized carbons (Fsp3) is 0.250. The number of nitrogens with zero attached hydrogens (tertiary/aromatic N) is 1. The number of halogens is 3. The molecule has 0 fully saturated rings. The summed E-state index contributed by atoms with van der Waals surface area (Å²) in [5.41, 5.74) is 1.41. The predicted octanol–water partition coefficient (Wildman–Crippen LogP) is 5.29. The van der Waals surface area contributed by atoms with E-state index in [2.05, 4.69) is 20.9 Å². The van der Waals surface area contributed by atoms with Crippen molar-refractivity contribution in [2.24, 2.45) is 0 Å². The molecule has 108 valence electrons. The lowest BCUT2D eigenvalue weighted by Crippen LogP contribution is -1.96. The Morgan fingerprint density at radius 1 is 1.20 bits per heavy atom. The summed E-state index contributed by atoms with van der Waals surface area (Å²) in [5.74, 6) is 0. The van der Waals surface area contributed by atoms with Gasteiger partial charge in [0.2, 0.25) is 0 Å². The maximum absolute atomic E-state index is 12.2. The van der Waals surface area contributed by atoms with Crippen molar-refractivity contribution in [3.8, 4) is 0 Å². The molecular formula is C12H11BrCl2NO3P. The number of fused-ring (bicyclic) bond motifs is 1. The Bertz CT molecular complexity index is 703. The summed E-state index contributed by atoms with van der Waals surface area (Å²) in [5, 5.41) is 1.68. The van der Waals surface area contributed by atoms with E-state index in [9.17, 15) is 4.57 Å². The van der Waals surface area contributed by atoms with Gasteiger partial charge in [-0.05, 0) is 39.7 Å². The van der Waals surface area contributed by atoms with Crippen LogP contribution in [0.2, 0.25) is 10.0 Å². The van der Waals surface area contributed by atoms with Gasteiger partial charge in [0.1, 0.15) is 4.60 Å². The van der Waals surface area contributed by atoms with Crippen LogP contribution in [0.5, 0.6) is 0 Å². The third-order valence-electron chi connectivity index (χ3n) is 2.80. The van der Waals surface area contributed by atoms with Gasteiger partial charge < -0.3 is 9.05 Å². The molecule has 1 aromatic heterocycles. The van der Waals surface area contributed by atoms with Crippen molar-refractivity contribution in [3.63, 3.8) is 0 Å². The van der Waals surface area contributed by atoms with Crippen LogP contribution in [0.25, 0.3) is 10.9 Å². The molecule has 8 heteroatoms. The van der Waals surface area contributed by atoms with Gasteiger partial charge in [-0.1, -0.05) is 23.2 Å². The average Bonchev–Trinajstić information content (AvgIpc) is 2.42. The van der Waals surface area contributed by atoms with Crippen molar-refractivity contribution in [2.45, 2.75) is 6.16 Å². The minimum absolute atomic E-state index is 0.115. The molecule has 0 aliphatic rings. The Kier molecular flexibility index (Phi) is 5.11. The van der Waals surface area contributed by atoms with Gasteiger partial charge in [-0.25, -0.2) is 4.98 Å². The first kappa shape index (κ1) is 16.2. The van der Waals surface area contributed by atoms with E-state index in [1.54, 1.807) is 12.1 Å². The molecule has 0 radical (unpaired) electrons. The van der Waals surface area contributed by atoms with E-state index in [4.69, 9.17) is 32.2 Å². The number of benzene rings is 1. The molecule has 0 aliphatic heterocycles. The van der Waals surface area contributed by atoms with E-state index in [1.165, 1.54) is 14.2 Å². The summed E-state index contributed by atoms with van der Waals surface area (Å²) in [6.45, 7) is 0. The van der Waals surface area contributed by atoms with Crippen molar-refractivity contribution in [3.05, 3.63) is 38.4 Å². The van der Waals surface area contributed by atoms with Gasteiger partial charge in [0, 0.05) is 19.6 Å². The second kappa shape index (κ2) is 6.30. The molecule has 1 aromatic carbocycles. The van der Waals surface area contributed by atoms with Crippen molar-refractivity contribution in [1.29, 1.82) is 0 Å². The second-order valence-electron chi connectivity index (χ2n) is 4.03. The first-order valence-corrected chi connectivity index (χ1v) is 8.81. The summed E-state index contributed by atoms with van der Waals surface area (Å²) in [7, 11) is -0.457. The number of hydrogen-bond acceptors (Lipinski definition) is 4. The van der Waals surface area contributed by atoms with Crippen LogP contribution in [0.4, 0.5) is 0 Å². The largest absolute Gasteiger partial charge is 0.334 e. The quantitative estimate of drug-likeness (QED) is 0.518. The lowest BCUT2D eigenvalue weighted by atomic mass is 10.2. The second-order valence-corrected chi connectivity index (χ2v) is 7.87. The minimum atomic E-state index is -3.16. The van der Waals surface area contributed by atoms with Crippen molar-refractivity contribution in [2.75, 3.05) is 14.2 Å². The van der Waals surface area contributed by atoms with Crippen LogP contribution in [0, 0.1) is 0 Å². The minimum Gasteiger partial charge on any atom is -0.312 e. The molecule has 0 saturated heterocycles. The van der Waals surface area contributed by atoms with Gasteiger partial charge in [0.25, 0.3) is 0 Å². The van der Waals surface area contributed by atoms with Crippen LogP contribution < -0.4 is 0 Å². The first-order valence-electron chi connectivity index (χ1n) is 5.53. The molecule has 0 saturated carbocycles. The van der Waals surface area contributed by atoms with Crippen molar-refractivity contribution >= 4 is 57.6 Å². The van der Waals surface area contributed by atoms with Gasteiger partial charge in [-0.2, -0.15) is 0 Å². The Labute approximate surface area is 135 Å². The number of hydrogen-bond donors (Lipinski definition) is 0. The smallest absolute Gasteiger partial charge is 0.312 e. The number of pyridine rings is 1. The molecule has 0 amide bonds. The zero-order valence-corrected chi connectivity index (χ0v) is 14.7. The lowest BCUT2D eigenvalue weighted by Gasteiger charge is -2.14. The van der Waals surface area contributed by atoms with Crippen molar-refractivity contribution < 1.29 is 13.6 Å². The average molecular weight is 399 g/mol. The number of rotatable bonds is 4. The van der Waals surface area contributed by atoms with Crippen LogP contribution in [-0.4, -0.2) is 19.2 Å². The Balaban J connectivity index is 2.52.